The van der Waals surface area contributed by atoms with Crippen LogP contribution >= 0.6 is 34.8 Å². The highest BCUT2D eigenvalue weighted by Gasteiger charge is 2.11. The van der Waals surface area contributed by atoms with Crippen LogP contribution in [0.1, 0.15) is 5.56 Å². The van der Waals surface area contributed by atoms with Crippen LogP contribution in [0.2, 0.25) is 15.1 Å². The fourth-order valence-corrected chi connectivity index (χ4v) is 2.47. The van der Waals surface area contributed by atoms with Gasteiger partial charge in [0.1, 0.15) is 24.0 Å². The molecule has 0 atom stereocenters. The molecule has 0 unspecified atom stereocenters. The van der Waals surface area contributed by atoms with E-state index >= 15 is 0 Å². The summed E-state index contributed by atoms with van der Waals surface area (Å²) in [7, 11) is 0. The van der Waals surface area contributed by atoms with Gasteiger partial charge in [0.25, 0.3) is 5.91 Å². The predicted octanol–water partition coefficient (Wildman–Crippen LogP) is 5.20. The molecule has 0 heterocycles. The van der Waals surface area contributed by atoms with Gasteiger partial charge in [0.05, 0.1) is 15.1 Å². The maximum atomic E-state index is 12.3. The van der Waals surface area contributed by atoms with E-state index in [-0.39, 0.29) is 12.2 Å². The van der Waals surface area contributed by atoms with Crippen LogP contribution in [-0.4, -0.2) is 12.5 Å². The first-order valence-corrected chi connectivity index (χ1v) is 8.32. The minimum atomic E-state index is -0.588. The van der Waals surface area contributed by atoms with Crippen molar-refractivity contribution in [3.05, 3.63) is 62.6 Å². The number of ether oxygens (including phenoxy) is 1. The topological polar surface area (TPSA) is 62.1 Å². The lowest BCUT2D eigenvalue weighted by Crippen LogP contribution is -2.13. The van der Waals surface area contributed by atoms with Gasteiger partial charge in [-0.1, -0.05) is 46.8 Å². The van der Waals surface area contributed by atoms with Crippen molar-refractivity contribution in [3.63, 3.8) is 0 Å². The number of halogens is 3. The molecule has 7 heteroatoms. The molecule has 0 aliphatic rings. The van der Waals surface area contributed by atoms with Crippen LogP contribution in [0.4, 0.5) is 5.69 Å². The number of amides is 1. The van der Waals surface area contributed by atoms with E-state index in [9.17, 15) is 10.1 Å². The highest BCUT2D eigenvalue weighted by molar-refractivity contribution is 6.42. The normalized spacial score (nSPS) is 10.6. The molecule has 0 aliphatic carbocycles. The van der Waals surface area contributed by atoms with E-state index in [1.165, 1.54) is 12.1 Å². The van der Waals surface area contributed by atoms with Gasteiger partial charge in [-0.05, 0) is 42.0 Å². The summed E-state index contributed by atoms with van der Waals surface area (Å²) in [4.78, 5) is 12.3. The van der Waals surface area contributed by atoms with Crippen LogP contribution in [-0.2, 0) is 4.79 Å². The minimum absolute atomic E-state index is 0.0877. The van der Waals surface area contributed by atoms with E-state index < -0.39 is 5.91 Å². The zero-order valence-electron chi connectivity index (χ0n) is 13.2. The quantitative estimate of drug-likeness (QED) is 0.422. The van der Waals surface area contributed by atoms with Crippen molar-refractivity contribution >= 4 is 52.5 Å². The van der Waals surface area contributed by atoms with Crippen LogP contribution in [0.5, 0.6) is 5.75 Å². The summed E-state index contributed by atoms with van der Waals surface area (Å²) in [6.45, 7) is 0.0877. The maximum absolute atomic E-state index is 12.3. The Morgan fingerprint density at radius 3 is 2.54 bits per heavy atom. The highest BCUT2D eigenvalue weighted by Crippen LogP contribution is 2.27. The van der Waals surface area contributed by atoms with Gasteiger partial charge in [0.15, 0.2) is 0 Å². The standard InChI is InChI=1S/C19H11Cl3N2O2/c1-2-7-26-18-6-3-12(9-17(18)22)8-13(11-23)19(25)24-14-4-5-15(20)16(21)10-14/h1,3-6,8-10H,7H2,(H,24,25)/b13-8+. The Kier molecular flexibility index (Phi) is 6.95. The summed E-state index contributed by atoms with van der Waals surface area (Å²) in [5.41, 5.74) is 0.870. The average Bonchev–Trinajstić information content (AvgIpc) is 2.62. The second kappa shape index (κ2) is 9.17. The van der Waals surface area contributed by atoms with Crippen LogP contribution in [0, 0.1) is 23.7 Å². The van der Waals surface area contributed by atoms with E-state index in [2.05, 4.69) is 11.2 Å². The molecule has 2 aromatic carbocycles. The summed E-state index contributed by atoms with van der Waals surface area (Å²) in [6.07, 6.45) is 6.54. The van der Waals surface area contributed by atoms with Crippen LogP contribution in [0.25, 0.3) is 6.08 Å². The van der Waals surface area contributed by atoms with Gasteiger partial charge >= 0.3 is 0 Å². The van der Waals surface area contributed by atoms with E-state index in [4.69, 9.17) is 46.0 Å². The summed E-state index contributed by atoms with van der Waals surface area (Å²) in [6, 6.07) is 11.3. The van der Waals surface area contributed by atoms with Crippen molar-refractivity contribution in [1.29, 1.82) is 5.26 Å². The number of hydrogen-bond acceptors (Lipinski definition) is 3. The predicted molar refractivity (Wildman–Crippen MR) is 104 cm³/mol. The number of carbonyl (C=O) groups excluding carboxylic acids is 1. The number of nitriles is 1. The summed E-state index contributed by atoms with van der Waals surface area (Å²) in [5, 5.41) is 12.8. The second-order valence-electron chi connectivity index (χ2n) is 4.94. The molecule has 1 N–H and O–H groups in total. The molecular formula is C19H11Cl3N2O2. The minimum Gasteiger partial charge on any atom is -0.479 e. The van der Waals surface area contributed by atoms with Crippen molar-refractivity contribution in [3.8, 4) is 24.2 Å². The molecule has 4 nitrogen and oxygen atoms in total. The fraction of sp³-hybridized carbons (Fsp3) is 0.0526. The summed E-state index contributed by atoms with van der Waals surface area (Å²) < 4.78 is 5.26. The van der Waals surface area contributed by atoms with Gasteiger partial charge in [-0.15, -0.1) is 6.42 Å². The number of nitrogens with one attached hydrogen (secondary N) is 1. The molecule has 1 amide bonds. The number of terminal acetylenes is 1. The maximum Gasteiger partial charge on any atom is 0.266 e. The number of rotatable bonds is 5. The molecule has 0 radical (unpaired) electrons. The third-order valence-corrected chi connectivity index (χ3v) is 4.15. The zero-order valence-corrected chi connectivity index (χ0v) is 15.5. The van der Waals surface area contributed by atoms with Crippen LogP contribution in [0.3, 0.4) is 0 Å². The number of hydrogen-bond donors (Lipinski definition) is 1. The molecule has 130 valence electrons. The molecule has 0 fully saturated rings. The van der Waals surface area contributed by atoms with E-state index in [1.807, 2.05) is 6.07 Å². The van der Waals surface area contributed by atoms with Crippen LogP contribution < -0.4 is 10.1 Å². The largest absolute Gasteiger partial charge is 0.479 e. The SMILES string of the molecule is C#CCOc1ccc(/C=C(\C#N)C(=O)Nc2ccc(Cl)c(Cl)c2)cc1Cl. The molecular weight excluding hydrogens is 395 g/mol. The highest BCUT2D eigenvalue weighted by atomic mass is 35.5. The van der Waals surface area contributed by atoms with E-state index in [1.54, 1.807) is 30.3 Å². The van der Waals surface area contributed by atoms with Gasteiger partial charge in [0, 0.05) is 5.69 Å². The van der Waals surface area contributed by atoms with Gasteiger partial charge in [-0.2, -0.15) is 5.26 Å². The van der Waals surface area contributed by atoms with E-state index in [0.717, 1.165) is 0 Å². The number of anilines is 1. The molecule has 0 aliphatic heterocycles. The van der Waals surface area contributed by atoms with E-state index in [0.29, 0.717) is 32.1 Å². The molecule has 0 spiro atoms. The van der Waals surface area contributed by atoms with Gasteiger partial charge in [0.2, 0.25) is 0 Å². The lowest BCUT2D eigenvalue weighted by molar-refractivity contribution is -0.112. The summed E-state index contributed by atoms with van der Waals surface area (Å²) in [5.74, 6) is 2.17. The lowest BCUT2D eigenvalue weighted by Gasteiger charge is -2.07. The molecule has 2 rings (SSSR count). The first-order valence-electron chi connectivity index (χ1n) is 7.18. The van der Waals surface area contributed by atoms with Crippen molar-refractivity contribution in [2.24, 2.45) is 0 Å². The molecule has 0 bridgehead atoms. The first kappa shape index (κ1) is 19.7. The van der Waals surface area contributed by atoms with Crippen LogP contribution in [0.15, 0.2) is 42.0 Å². The molecule has 2 aromatic rings. The molecule has 26 heavy (non-hydrogen) atoms. The van der Waals surface area contributed by atoms with Gasteiger partial charge in [-0.25, -0.2) is 0 Å². The third-order valence-electron chi connectivity index (χ3n) is 3.12. The zero-order chi connectivity index (χ0) is 19.1. The van der Waals surface area contributed by atoms with Crippen molar-refractivity contribution in [2.75, 3.05) is 11.9 Å². The molecule has 0 aromatic heterocycles. The number of nitrogens with zero attached hydrogens (tertiary/aromatic N) is 1. The number of benzene rings is 2. The van der Waals surface area contributed by atoms with Gasteiger partial charge in [-0.3, -0.25) is 4.79 Å². The monoisotopic (exact) mass is 404 g/mol. The summed E-state index contributed by atoms with van der Waals surface area (Å²) >= 11 is 17.8. The van der Waals surface area contributed by atoms with Crippen molar-refractivity contribution < 1.29 is 9.53 Å². The van der Waals surface area contributed by atoms with Gasteiger partial charge < -0.3 is 10.1 Å². The average molecular weight is 406 g/mol. The Labute approximate surface area is 165 Å². The smallest absolute Gasteiger partial charge is 0.266 e. The Morgan fingerprint density at radius 2 is 1.92 bits per heavy atom. The third kappa shape index (κ3) is 5.18. The fourth-order valence-electron chi connectivity index (χ4n) is 1.93. The Morgan fingerprint density at radius 1 is 1.15 bits per heavy atom. The molecule has 0 saturated heterocycles. The second-order valence-corrected chi connectivity index (χ2v) is 6.16. The Balaban J connectivity index is 2.20. The molecule has 0 saturated carbocycles. The Hall–Kier alpha value is -2.63. The van der Waals surface area contributed by atoms with Crippen molar-refractivity contribution in [2.45, 2.75) is 0 Å². The first-order chi connectivity index (χ1) is 12.4. The number of carbonyl (C=O) groups is 1. The lowest BCUT2D eigenvalue weighted by atomic mass is 10.1. The van der Waals surface area contributed by atoms with Crippen molar-refractivity contribution in [1.82, 2.24) is 0 Å². The Bertz CT molecular complexity index is 956.